The van der Waals surface area contributed by atoms with Crippen LogP contribution < -0.4 is 16.6 Å². The molecule has 4 N–H and O–H groups in total. The van der Waals surface area contributed by atoms with Gasteiger partial charge in [0.05, 0.1) is 0 Å². The summed E-state index contributed by atoms with van der Waals surface area (Å²) >= 11 is 0. The fourth-order valence-corrected chi connectivity index (χ4v) is 1.19. The lowest BCUT2D eigenvalue weighted by Gasteiger charge is -2.01. The molecule has 2 aromatic rings. The number of nitrogens with one attached hydrogen (secondary N) is 2. The highest BCUT2D eigenvalue weighted by Crippen LogP contribution is 2.05. The SMILES string of the molecule is Cn1ccc(NC(=O)c2ccc(NN)nn2)n1. The molecule has 2 rings (SSSR count). The van der Waals surface area contributed by atoms with Crippen LogP contribution in [0.25, 0.3) is 0 Å². The predicted molar refractivity (Wildman–Crippen MR) is 61.0 cm³/mol. The first-order valence-electron chi connectivity index (χ1n) is 4.80. The van der Waals surface area contributed by atoms with Crippen molar-refractivity contribution in [3.63, 3.8) is 0 Å². The molecule has 1 amide bonds. The Kier molecular flexibility index (Phi) is 2.97. The van der Waals surface area contributed by atoms with Crippen LogP contribution >= 0.6 is 0 Å². The predicted octanol–water partition coefficient (Wildman–Crippen LogP) is -0.252. The van der Waals surface area contributed by atoms with Gasteiger partial charge in [0.25, 0.3) is 5.91 Å². The maximum atomic E-state index is 11.7. The van der Waals surface area contributed by atoms with E-state index in [9.17, 15) is 4.79 Å². The van der Waals surface area contributed by atoms with Crippen LogP contribution in [-0.4, -0.2) is 25.9 Å². The molecule has 0 aliphatic carbocycles. The number of nitrogen functional groups attached to an aromatic ring is 1. The van der Waals surface area contributed by atoms with Crippen LogP contribution in [0.3, 0.4) is 0 Å². The molecule has 2 aromatic heterocycles. The van der Waals surface area contributed by atoms with Gasteiger partial charge in [0.2, 0.25) is 0 Å². The van der Waals surface area contributed by atoms with Gasteiger partial charge in [-0.2, -0.15) is 5.10 Å². The Bertz CT molecular complexity index is 518. The fourth-order valence-electron chi connectivity index (χ4n) is 1.19. The van der Waals surface area contributed by atoms with E-state index >= 15 is 0 Å². The van der Waals surface area contributed by atoms with Gasteiger partial charge in [-0.25, -0.2) is 5.84 Å². The van der Waals surface area contributed by atoms with Gasteiger partial charge in [-0.3, -0.25) is 9.48 Å². The topological polar surface area (TPSA) is 111 Å². The monoisotopic (exact) mass is 233 g/mol. The summed E-state index contributed by atoms with van der Waals surface area (Å²) in [5.41, 5.74) is 2.51. The van der Waals surface area contributed by atoms with Crippen molar-refractivity contribution < 1.29 is 4.79 Å². The maximum absolute atomic E-state index is 11.7. The lowest BCUT2D eigenvalue weighted by Crippen LogP contribution is -2.16. The van der Waals surface area contributed by atoms with Crippen LogP contribution in [0.15, 0.2) is 24.4 Å². The second-order valence-electron chi connectivity index (χ2n) is 3.28. The van der Waals surface area contributed by atoms with E-state index in [0.717, 1.165) is 0 Å². The van der Waals surface area contributed by atoms with Crippen LogP contribution in [0, 0.1) is 0 Å². The molecular formula is C9H11N7O. The van der Waals surface area contributed by atoms with E-state index in [1.807, 2.05) is 0 Å². The Morgan fingerprint density at radius 2 is 2.12 bits per heavy atom. The van der Waals surface area contributed by atoms with Crippen molar-refractivity contribution in [3.8, 4) is 0 Å². The second kappa shape index (κ2) is 4.58. The number of carbonyl (C=O) groups excluding carboxylic acids is 1. The standard InChI is InChI=1S/C9H11N7O/c1-16-5-4-7(15-16)11-9(17)6-2-3-8(12-10)14-13-6/h2-5H,10H2,1H3,(H,12,14)(H,11,15,17). The van der Waals surface area contributed by atoms with E-state index in [1.165, 1.54) is 6.07 Å². The molecule has 0 fully saturated rings. The van der Waals surface area contributed by atoms with Gasteiger partial charge in [-0.05, 0) is 12.1 Å². The fraction of sp³-hybridized carbons (Fsp3) is 0.111. The Hall–Kier alpha value is -2.48. The highest BCUT2D eigenvalue weighted by Gasteiger charge is 2.09. The number of anilines is 2. The quantitative estimate of drug-likeness (QED) is 0.498. The van der Waals surface area contributed by atoms with Gasteiger partial charge in [0.15, 0.2) is 17.3 Å². The van der Waals surface area contributed by atoms with Gasteiger partial charge in [-0.15, -0.1) is 10.2 Å². The average molecular weight is 233 g/mol. The number of rotatable bonds is 3. The molecule has 0 saturated heterocycles. The third-order valence-electron chi connectivity index (χ3n) is 2.00. The van der Waals surface area contributed by atoms with Crippen LogP contribution in [0.1, 0.15) is 10.5 Å². The summed E-state index contributed by atoms with van der Waals surface area (Å²) in [5.74, 6) is 5.61. The first kappa shape index (κ1) is 11.0. The first-order valence-corrected chi connectivity index (χ1v) is 4.80. The summed E-state index contributed by atoms with van der Waals surface area (Å²) in [6.45, 7) is 0. The Morgan fingerprint density at radius 3 is 2.65 bits per heavy atom. The summed E-state index contributed by atoms with van der Waals surface area (Å²) in [6.07, 6.45) is 1.72. The number of hydrogen-bond acceptors (Lipinski definition) is 6. The molecule has 0 atom stereocenters. The van der Waals surface area contributed by atoms with Crippen LogP contribution in [0.2, 0.25) is 0 Å². The van der Waals surface area contributed by atoms with Crippen molar-refractivity contribution in [2.45, 2.75) is 0 Å². The van der Waals surface area contributed by atoms with Crippen LogP contribution in [0.4, 0.5) is 11.6 Å². The molecule has 0 radical (unpaired) electrons. The minimum absolute atomic E-state index is 0.189. The third-order valence-corrected chi connectivity index (χ3v) is 2.00. The smallest absolute Gasteiger partial charge is 0.277 e. The van der Waals surface area contributed by atoms with Crippen LogP contribution in [0.5, 0.6) is 0 Å². The van der Waals surface area contributed by atoms with E-state index in [4.69, 9.17) is 5.84 Å². The molecule has 0 unspecified atom stereocenters. The Labute approximate surface area is 96.8 Å². The lowest BCUT2D eigenvalue weighted by atomic mass is 10.3. The number of amides is 1. The molecule has 2 heterocycles. The zero-order valence-corrected chi connectivity index (χ0v) is 9.08. The van der Waals surface area contributed by atoms with Gasteiger partial charge >= 0.3 is 0 Å². The molecule has 0 saturated carbocycles. The van der Waals surface area contributed by atoms with Gasteiger partial charge in [0.1, 0.15) is 0 Å². The van der Waals surface area contributed by atoms with Gasteiger partial charge < -0.3 is 10.7 Å². The van der Waals surface area contributed by atoms with Crippen molar-refractivity contribution in [1.82, 2.24) is 20.0 Å². The molecule has 8 heteroatoms. The number of nitrogens with two attached hydrogens (primary N) is 1. The van der Waals surface area contributed by atoms with E-state index in [2.05, 4.69) is 26.0 Å². The molecular weight excluding hydrogens is 222 g/mol. The average Bonchev–Trinajstić information content (AvgIpc) is 2.75. The summed E-state index contributed by atoms with van der Waals surface area (Å²) in [4.78, 5) is 11.7. The second-order valence-corrected chi connectivity index (χ2v) is 3.28. The Morgan fingerprint density at radius 1 is 1.29 bits per heavy atom. The zero-order valence-electron chi connectivity index (χ0n) is 9.08. The van der Waals surface area contributed by atoms with Crippen molar-refractivity contribution in [2.24, 2.45) is 12.9 Å². The third kappa shape index (κ3) is 2.55. The van der Waals surface area contributed by atoms with Crippen molar-refractivity contribution >= 4 is 17.5 Å². The van der Waals surface area contributed by atoms with Gasteiger partial charge in [-0.1, -0.05) is 0 Å². The van der Waals surface area contributed by atoms with Crippen LogP contribution in [-0.2, 0) is 7.05 Å². The minimum Gasteiger partial charge on any atom is -0.307 e. The molecule has 17 heavy (non-hydrogen) atoms. The van der Waals surface area contributed by atoms with Crippen molar-refractivity contribution in [3.05, 3.63) is 30.1 Å². The number of carbonyl (C=O) groups is 1. The lowest BCUT2D eigenvalue weighted by molar-refractivity contribution is 0.102. The van der Waals surface area contributed by atoms with E-state index < -0.39 is 0 Å². The van der Waals surface area contributed by atoms with E-state index in [-0.39, 0.29) is 11.6 Å². The molecule has 0 spiro atoms. The number of aryl methyl sites for hydroxylation is 1. The summed E-state index contributed by atoms with van der Waals surface area (Å²) in [5, 5.41) is 14.0. The summed E-state index contributed by atoms with van der Waals surface area (Å²) < 4.78 is 1.59. The van der Waals surface area contributed by atoms with Gasteiger partial charge in [0, 0.05) is 19.3 Å². The highest BCUT2D eigenvalue weighted by atomic mass is 16.2. The van der Waals surface area contributed by atoms with E-state index in [1.54, 1.807) is 30.1 Å². The zero-order chi connectivity index (χ0) is 12.3. The molecule has 0 bridgehead atoms. The number of aromatic nitrogens is 4. The highest BCUT2D eigenvalue weighted by molar-refractivity contribution is 6.02. The van der Waals surface area contributed by atoms with E-state index in [0.29, 0.717) is 11.6 Å². The number of hydrogen-bond donors (Lipinski definition) is 3. The number of hydrazine groups is 1. The molecule has 0 aliphatic rings. The molecule has 8 nitrogen and oxygen atoms in total. The summed E-state index contributed by atoms with van der Waals surface area (Å²) in [6, 6.07) is 4.75. The largest absolute Gasteiger partial charge is 0.307 e. The molecule has 0 aliphatic heterocycles. The van der Waals surface area contributed by atoms with Crippen molar-refractivity contribution in [1.29, 1.82) is 0 Å². The molecule has 88 valence electrons. The van der Waals surface area contributed by atoms with Crippen molar-refractivity contribution in [2.75, 3.05) is 10.7 Å². The first-order chi connectivity index (χ1) is 8.19. The maximum Gasteiger partial charge on any atom is 0.277 e. The number of nitrogens with zero attached hydrogens (tertiary/aromatic N) is 4. The normalized spacial score (nSPS) is 10.0. The minimum atomic E-state index is -0.375. The molecule has 0 aromatic carbocycles. The summed E-state index contributed by atoms with van der Waals surface area (Å²) in [7, 11) is 1.76. The Balaban J connectivity index is 2.09.